The molecule has 19 heavy (non-hydrogen) atoms. The van der Waals surface area contributed by atoms with Crippen LogP contribution in [-0.4, -0.2) is 32.3 Å². The van der Waals surface area contributed by atoms with E-state index in [1.165, 1.54) is 14.2 Å². The lowest BCUT2D eigenvalue weighted by Gasteiger charge is -2.16. The Balaban J connectivity index is 2.62. The van der Waals surface area contributed by atoms with Gasteiger partial charge in [-0.1, -0.05) is 12.1 Å². The van der Waals surface area contributed by atoms with Gasteiger partial charge in [0.15, 0.2) is 6.29 Å². The highest BCUT2D eigenvalue weighted by atomic mass is 32.2. The predicted octanol–water partition coefficient (Wildman–Crippen LogP) is 3.97. The highest BCUT2D eigenvalue weighted by Crippen LogP contribution is 2.31. The molecular formula is C12H14F4O2S. The largest absolute Gasteiger partial charge is 0.352 e. The van der Waals surface area contributed by atoms with Crippen molar-refractivity contribution in [1.29, 1.82) is 0 Å². The zero-order chi connectivity index (χ0) is 14.5. The van der Waals surface area contributed by atoms with Crippen LogP contribution in [0.3, 0.4) is 0 Å². The molecule has 0 aliphatic heterocycles. The van der Waals surface area contributed by atoms with Crippen LogP contribution in [0, 0.1) is 0 Å². The average molecular weight is 298 g/mol. The van der Waals surface area contributed by atoms with E-state index in [1.807, 2.05) is 0 Å². The molecule has 0 aliphatic rings. The summed E-state index contributed by atoms with van der Waals surface area (Å²) in [5.74, 6) is -4.94. The lowest BCUT2D eigenvalue weighted by Crippen LogP contribution is -2.29. The van der Waals surface area contributed by atoms with Gasteiger partial charge in [-0.15, -0.1) is 11.8 Å². The second kappa shape index (κ2) is 7.12. The average Bonchev–Trinajstić information content (AvgIpc) is 2.39. The van der Waals surface area contributed by atoms with Gasteiger partial charge in [0.25, 0.3) is 0 Å². The molecule has 0 N–H and O–H groups in total. The normalized spacial score (nSPS) is 12.4. The second-order valence-electron chi connectivity index (χ2n) is 3.72. The molecule has 0 amide bonds. The van der Waals surface area contributed by atoms with Gasteiger partial charge in [0.05, 0.1) is 5.75 Å². The number of halogens is 4. The van der Waals surface area contributed by atoms with Gasteiger partial charge in [-0.05, 0) is 12.1 Å². The lowest BCUT2D eigenvalue weighted by molar-refractivity contribution is -0.110. The van der Waals surface area contributed by atoms with E-state index in [4.69, 9.17) is 9.47 Å². The van der Waals surface area contributed by atoms with Crippen molar-refractivity contribution in [2.24, 2.45) is 0 Å². The molecule has 0 bridgehead atoms. The number of ether oxygens (including phenoxy) is 2. The highest BCUT2D eigenvalue weighted by molar-refractivity contribution is 7.99. The van der Waals surface area contributed by atoms with Crippen LogP contribution >= 0.6 is 11.8 Å². The van der Waals surface area contributed by atoms with Crippen molar-refractivity contribution < 1.29 is 27.0 Å². The SMILES string of the molecule is COC(OC)c1ccc(SCC(F)(F)C(F)F)cc1. The summed E-state index contributed by atoms with van der Waals surface area (Å²) in [5, 5.41) is 0. The van der Waals surface area contributed by atoms with E-state index in [0.717, 1.165) is 5.56 Å². The fourth-order valence-electron chi connectivity index (χ4n) is 1.33. The Kier molecular flexibility index (Phi) is 6.09. The summed E-state index contributed by atoms with van der Waals surface area (Å²) >= 11 is 0.680. The van der Waals surface area contributed by atoms with Crippen LogP contribution in [0.2, 0.25) is 0 Å². The molecule has 0 heterocycles. The van der Waals surface area contributed by atoms with Crippen LogP contribution in [0.4, 0.5) is 17.6 Å². The standard InChI is InChI=1S/C12H14F4O2S/c1-17-10(18-2)8-3-5-9(6-4-8)19-7-12(15,16)11(13)14/h3-6,10-11H,7H2,1-2H3. The summed E-state index contributed by atoms with van der Waals surface area (Å²) in [6.07, 6.45) is -4.19. The molecule has 1 aromatic carbocycles. The van der Waals surface area contributed by atoms with Gasteiger partial charge in [-0.25, -0.2) is 8.78 Å². The van der Waals surface area contributed by atoms with E-state index in [9.17, 15) is 17.6 Å². The Morgan fingerprint density at radius 1 is 1.11 bits per heavy atom. The minimum Gasteiger partial charge on any atom is -0.352 e. The monoisotopic (exact) mass is 298 g/mol. The van der Waals surface area contributed by atoms with E-state index >= 15 is 0 Å². The molecule has 0 fully saturated rings. The Morgan fingerprint density at radius 2 is 1.63 bits per heavy atom. The number of methoxy groups -OCH3 is 2. The first-order valence-electron chi connectivity index (χ1n) is 5.35. The van der Waals surface area contributed by atoms with Crippen molar-refractivity contribution in [2.45, 2.75) is 23.5 Å². The van der Waals surface area contributed by atoms with E-state index in [-0.39, 0.29) is 0 Å². The molecule has 0 atom stereocenters. The van der Waals surface area contributed by atoms with Crippen molar-refractivity contribution >= 4 is 11.8 Å². The van der Waals surface area contributed by atoms with Gasteiger partial charge in [0.2, 0.25) is 0 Å². The molecule has 0 aliphatic carbocycles. The van der Waals surface area contributed by atoms with E-state index in [2.05, 4.69) is 0 Å². The molecule has 1 rings (SSSR count). The predicted molar refractivity (Wildman–Crippen MR) is 64.9 cm³/mol. The number of alkyl halides is 4. The summed E-state index contributed by atoms with van der Waals surface area (Å²) in [7, 11) is 2.94. The van der Waals surface area contributed by atoms with Gasteiger partial charge in [0, 0.05) is 24.7 Å². The van der Waals surface area contributed by atoms with Gasteiger partial charge < -0.3 is 9.47 Å². The zero-order valence-electron chi connectivity index (χ0n) is 10.4. The molecule has 7 heteroatoms. The number of hydrogen-bond acceptors (Lipinski definition) is 3. The maximum atomic E-state index is 12.7. The number of rotatable bonds is 7. The van der Waals surface area contributed by atoms with Crippen molar-refractivity contribution in [1.82, 2.24) is 0 Å². The summed E-state index contributed by atoms with van der Waals surface area (Å²) in [5.41, 5.74) is 0.718. The third-order valence-electron chi connectivity index (χ3n) is 2.33. The van der Waals surface area contributed by atoms with Crippen LogP contribution in [0.25, 0.3) is 0 Å². The van der Waals surface area contributed by atoms with Crippen molar-refractivity contribution in [3.8, 4) is 0 Å². The minimum atomic E-state index is -3.98. The molecule has 0 aromatic heterocycles. The molecular weight excluding hydrogens is 284 g/mol. The fraction of sp³-hybridized carbons (Fsp3) is 0.500. The van der Waals surface area contributed by atoms with E-state index in [1.54, 1.807) is 24.3 Å². The molecule has 1 aromatic rings. The summed E-state index contributed by atoms with van der Waals surface area (Å²) in [4.78, 5) is 0.482. The van der Waals surface area contributed by atoms with Gasteiger partial charge in [0.1, 0.15) is 0 Å². The van der Waals surface area contributed by atoms with Gasteiger partial charge in [-0.3, -0.25) is 0 Å². The zero-order valence-corrected chi connectivity index (χ0v) is 11.2. The Morgan fingerprint density at radius 3 is 2.05 bits per heavy atom. The fourth-order valence-corrected chi connectivity index (χ4v) is 2.15. The maximum absolute atomic E-state index is 12.7. The van der Waals surface area contributed by atoms with Crippen LogP contribution in [0.5, 0.6) is 0 Å². The quantitative estimate of drug-likeness (QED) is 0.431. The van der Waals surface area contributed by atoms with Crippen molar-refractivity contribution in [3.63, 3.8) is 0 Å². The molecule has 0 unspecified atom stereocenters. The first-order valence-corrected chi connectivity index (χ1v) is 6.33. The molecule has 108 valence electrons. The number of hydrogen-bond donors (Lipinski definition) is 0. The summed E-state index contributed by atoms with van der Waals surface area (Å²) in [6, 6.07) is 6.40. The van der Waals surface area contributed by atoms with Crippen LogP contribution in [0.15, 0.2) is 29.2 Å². The van der Waals surface area contributed by atoms with Crippen LogP contribution in [-0.2, 0) is 9.47 Å². The Bertz CT molecular complexity index is 380. The van der Waals surface area contributed by atoms with E-state index < -0.39 is 24.4 Å². The van der Waals surface area contributed by atoms with Crippen molar-refractivity contribution in [2.75, 3.05) is 20.0 Å². The Hall–Kier alpha value is -0.790. The smallest absolute Gasteiger partial charge is 0.316 e. The first kappa shape index (κ1) is 16.3. The third-order valence-corrected chi connectivity index (χ3v) is 3.47. The molecule has 0 radical (unpaired) electrons. The molecule has 0 spiro atoms. The maximum Gasteiger partial charge on any atom is 0.316 e. The topological polar surface area (TPSA) is 18.5 Å². The third kappa shape index (κ3) is 4.67. The number of benzene rings is 1. The van der Waals surface area contributed by atoms with Crippen LogP contribution < -0.4 is 0 Å². The highest BCUT2D eigenvalue weighted by Gasteiger charge is 2.40. The van der Waals surface area contributed by atoms with Crippen molar-refractivity contribution in [3.05, 3.63) is 29.8 Å². The summed E-state index contributed by atoms with van der Waals surface area (Å²) < 4.78 is 59.5. The molecule has 0 saturated carbocycles. The Labute approximate surface area is 113 Å². The van der Waals surface area contributed by atoms with Gasteiger partial charge >= 0.3 is 12.3 Å². The number of thioether (sulfide) groups is 1. The van der Waals surface area contributed by atoms with E-state index in [0.29, 0.717) is 16.7 Å². The minimum absolute atomic E-state index is 0.482. The summed E-state index contributed by atoms with van der Waals surface area (Å²) in [6.45, 7) is 0. The second-order valence-corrected chi connectivity index (χ2v) is 4.77. The molecule has 2 nitrogen and oxygen atoms in total. The lowest BCUT2D eigenvalue weighted by atomic mass is 10.2. The van der Waals surface area contributed by atoms with Gasteiger partial charge in [-0.2, -0.15) is 8.78 Å². The first-order chi connectivity index (χ1) is 8.90. The van der Waals surface area contributed by atoms with Crippen LogP contribution in [0.1, 0.15) is 11.9 Å². The molecule has 0 saturated heterocycles.